The topological polar surface area (TPSA) is 37.3 Å². The van der Waals surface area contributed by atoms with Crippen molar-refractivity contribution in [3.63, 3.8) is 0 Å². The first-order valence-corrected chi connectivity index (χ1v) is 6.30. The third-order valence-electron chi connectivity index (χ3n) is 3.33. The Balaban J connectivity index is 2.39. The molecule has 0 aliphatic heterocycles. The van der Waals surface area contributed by atoms with E-state index in [2.05, 4.69) is 29.8 Å². The van der Waals surface area contributed by atoms with Gasteiger partial charge >= 0.3 is 5.97 Å². The molecule has 1 aliphatic rings. The Morgan fingerprint density at radius 1 is 1.44 bits per heavy atom. The zero-order valence-corrected chi connectivity index (χ0v) is 11.0. The van der Waals surface area contributed by atoms with Crippen LogP contribution in [-0.4, -0.2) is 11.1 Å². The summed E-state index contributed by atoms with van der Waals surface area (Å²) in [4.78, 5) is 11.2. The fraction of sp³-hybridized carbons (Fsp3) is 0.462. The van der Waals surface area contributed by atoms with Crippen molar-refractivity contribution in [3.8, 4) is 0 Å². The molecule has 0 heterocycles. The molecule has 0 unspecified atom stereocenters. The quantitative estimate of drug-likeness (QED) is 0.918. The molecule has 1 saturated carbocycles. The van der Waals surface area contributed by atoms with Gasteiger partial charge in [0.05, 0.1) is 5.41 Å². The lowest BCUT2D eigenvalue weighted by Gasteiger charge is -2.14. The van der Waals surface area contributed by atoms with E-state index >= 15 is 0 Å². The van der Waals surface area contributed by atoms with Gasteiger partial charge in [0, 0.05) is 4.47 Å². The number of aliphatic carboxylic acids is 1. The van der Waals surface area contributed by atoms with Crippen molar-refractivity contribution in [1.82, 2.24) is 0 Å². The Bertz CT molecular complexity index is 434. The minimum absolute atomic E-state index is 0.448. The lowest BCUT2D eigenvalue weighted by molar-refractivity contribution is -0.140. The lowest BCUT2D eigenvalue weighted by atomic mass is 9.93. The molecule has 0 bridgehead atoms. The van der Waals surface area contributed by atoms with Crippen molar-refractivity contribution < 1.29 is 9.90 Å². The molecule has 2 nitrogen and oxygen atoms in total. The van der Waals surface area contributed by atoms with Gasteiger partial charge in [0.1, 0.15) is 0 Å². The summed E-state index contributed by atoms with van der Waals surface area (Å²) in [6.45, 7) is 4.26. The zero-order chi connectivity index (χ0) is 11.9. The van der Waals surface area contributed by atoms with Crippen molar-refractivity contribution >= 4 is 21.9 Å². The number of hydrogen-bond acceptors (Lipinski definition) is 1. The van der Waals surface area contributed by atoms with Crippen LogP contribution in [0.3, 0.4) is 0 Å². The first kappa shape index (κ1) is 11.6. The van der Waals surface area contributed by atoms with E-state index in [0.717, 1.165) is 22.9 Å². The van der Waals surface area contributed by atoms with E-state index in [1.165, 1.54) is 5.56 Å². The van der Waals surface area contributed by atoms with Crippen LogP contribution >= 0.6 is 15.9 Å². The third-order valence-corrected chi connectivity index (χ3v) is 4.02. The standard InChI is InChI=1S/C13H15BrO2/c1-8(2)10-4-3-9(7-11(10)14)13(5-6-13)12(15)16/h3-4,7-8H,5-6H2,1-2H3,(H,15,16). The average Bonchev–Trinajstić information content (AvgIpc) is 2.97. The summed E-state index contributed by atoms with van der Waals surface area (Å²) in [6, 6.07) is 5.96. The Hall–Kier alpha value is -0.830. The van der Waals surface area contributed by atoms with E-state index in [1.54, 1.807) is 0 Å². The Labute approximate surface area is 104 Å². The summed E-state index contributed by atoms with van der Waals surface area (Å²) in [5.41, 5.74) is 1.55. The van der Waals surface area contributed by atoms with Crippen LogP contribution in [-0.2, 0) is 10.2 Å². The molecule has 0 amide bonds. The number of carboxylic acid groups (broad SMARTS) is 1. The van der Waals surface area contributed by atoms with E-state index in [4.69, 9.17) is 0 Å². The highest BCUT2D eigenvalue weighted by Crippen LogP contribution is 2.49. The number of benzene rings is 1. The molecule has 0 saturated heterocycles. The predicted octanol–water partition coefficient (Wildman–Crippen LogP) is 3.69. The highest BCUT2D eigenvalue weighted by molar-refractivity contribution is 9.10. The molecule has 1 aliphatic carbocycles. The summed E-state index contributed by atoms with van der Waals surface area (Å²) < 4.78 is 1.02. The van der Waals surface area contributed by atoms with Crippen molar-refractivity contribution in [2.45, 2.75) is 38.0 Å². The largest absolute Gasteiger partial charge is 0.481 e. The summed E-state index contributed by atoms with van der Waals surface area (Å²) in [5.74, 6) is -0.250. The Morgan fingerprint density at radius 2 is 2.06 bits per heavy atom. The van der Waals surface area contributed by atoms with Crippen LogP contribution in [0.2, 0.25) is 0 Å². The third kappa shape index (κ3) is 1.77. The fourth-order valence-corrected chi connectivity index (χ4v) is 2.88. The maximum absolute atomic E-state index is 11.2. The zero-order valence-electron chi connectivity index (χ0n) is 9.46. The van der Waals surface area contributed by atoms with Crippen molar-refractivity contribution in [1.29, 1.82) is 0 Å². The second-order valence-corrected chi connectivity index (χ2v) is 5.63. The molecule has 0 aromatic heterocycles. The van der Waals surface area contributed by atoms with Crippen LogP contribution in [0.25, 0.3) is 0 Å². The summed E-state index contributed by atoms with van der Waals surface area (Å²) in [6.07, 6.45) is 1.52. The second-order valence-electron chi connectivity index (χ2n) is 4.78. The van der Waals surface area contributed by atoms with Gasteiger partial charge in [0.25, 0.3) is 0 Å². The van der Waals surface area contributed by atoms with Gasteiger partial charge in [-0.25, -0.2) is 0 Å². The van der Waals surface area contributed by atoms with Crippen LogP contribution in [0.1, 0.15) is 43.7 Å². The molecular formula is C13H15BrO2. The normalized spacial score (nSPS) is 17.5. The number of rotatable bonds is 3. The first-order chi connectivity index (χ1) is 7.47. The highest BCUT2D eigenvalue weighted by atomic mass is 79.9. The second kappa shape index (κ2) is 3.88. The van der Waals surface area contributed by atoms with Crippen LogP contribution in [0.15, 0.2) is 22.7 Å². The van der Waals surface area contributed by atoms with Crippen LogP contribution in [0, 0.1) is 0 Å². The molecule has 1 aromatic carbocycles. The molecule has 2 rings (SSSR count). The maximum Gasteiger partial charge on any atom is 0.314 e. The smallest absolute Gasteiger partial charge is 0.314 e. The van der Waals surface area contributed by atoms with E-state index in [9.17, 15) is 9.90 Å². The monoisotopic (exact) mass is 282 g/mol. The Morgan fingerprint density at radius 3 is 2.44 bits per heavy atom. The van der Waals surface area contributed by atoms with Gasteiger partial charge < -0.3 is 5.11 Å². The van der Waals surface area contributed by atoms with E-state index in [0.29, 0.717) is 5.92 Å². The summed E-state index contributed by atoms with van der Waals surface area (Å²) in [5, 5.41) is 9.21. The predicted molar refractivity (Wildman–Crippen MR) is 66.8 cm³/mol. The molecule has 1 fully saturated rings. The van der Waals surface area contributed by atoms with Crippen LogP contribution < -0.4 is 0 Å². The highest BCUT2D eigenvalue weighted by Gasteiger charge is 2.51. The van der Waals surface area contributed by atoms with E-state index in [1.807, 2.05) is 18.2 Å². The molecule has 0 radical (unpaired) electrons. The number of carboxylic acids is 1. The SMILES string of the molecule is CC(C)c1ccc(C2(C(=O)O)CC2)cc1Br. The molecule has 0 spiro atoms. The van der Waals surface area contributed by atoms with Gasteiger partial charge in [0.15, 0.2) is 0 Å². The maximum atomic E-state index is 11.2. The average molecular weight is 283 g/mol. The molecule has 16 heavy (non-hydrogen) atoms. The van der Waals surface area contributed by atoms with Gasteiger partial charge in [-0.05, 0) is 36.0 Å². The fourth-order valence-electron chi connectivity index (χ4n) is 2.04. The van der Waals surface area contributed by atoms with Gasteiger partial charge in [-0.15, -0.1) is 0 Å². The molecule has 1 N–H and O–H groups in total. The Kier molecular flexibility index (Phi) is 2.82. The summed E-state index contributed by atoms with van der Waals surface area (Å²) in [7, 11) is 0. The molecular weight excluding hydrogens is 268 g/mol. The minimum Gasteiger partial charge on any atom is -0.481 e. The molecule has 3 heteroatoms. The molecule has 1 aromatic rings. The minimum atomic E-state index is -0.698. The number of hydrogen-bond donors (Lipinski definition) is 1. The number of carbonyl (C=O) groups is 1. The van der Waals surface area contributed by atoms with Crippen molar-refractivity contribution in [2.24, 2.45) is 0 Å². The van der Waals surface area contributed by atoms with Gasteiger partial charge in [0.2, 0.25) is 0 Å². The van der Waals surface area contributed by atoms with Gasteiger partial charge in [-0.3, -0.25) is 4.79 Å². The summed E-state index contributed by atoms with van der Waals surface area (Å²) >= 11 is 3.52. The first-order valence-electron chi connectivity index (χ1n) is 5.51. The van der Waals surface area contributed by atoms with Crippen molar-refractivity contribution in [2.75, 3.05) is 0 Å². The van der Waals surface area contributed by atoms with Crippen LogP contribution in [0.4, 0.5) is 0 Å². The van der Waals surface area contributed by atoms with E-state index < -0.39 is 11.4 Å². The molecule has 0 atom stereocenters. The van der Waals surface area contributed by atoms with Gasteiger partial charge in [-0.2, -0.15) is 0 Å². The number of halogens is 1. The van der Waals surface area contributed by atoms with E-state index in [-0.39, 0.29) is 0 Å². The lowest BCUT2D eigenvalue weighted by Crippen LogP contribution is -2.19. The molecule has 86 valence electrons. The van der Waals surface area contributed by atoms with Crippen molar-refractivity contribution in [3.05, 3.63) is 33.8 Å². The van der Waals surface area contributed by atoms with Gasteiger partial charge in [-0.1, -0.05) is 41.9 Å². The van der Waals surface area contributed by atoms with Crippen LogP contribution in [0.5, 0.6) is 0 Å².